The summed E-state index contributed by atoms with van der Waals surface area (Å²) < 4.78 is 0. The zero-order valence-electron chi connectivity index (χ0n) is 8.87. The molecule has 0 saturated heterocycles. The molecule has 15 heavy (non-hydrogen) atoms. The minimum atomic E-state index is 0.363. The first-order chi connectivity index (χ1) is 7.29. The van der Waals surface area contributed by atoms with Crippen LogP contribution in [0.15, 0.2) is 0 Å². The second kappa shape index (κ2) is 5.12. The predicted octanol–water partition coefficient (Wildman–Crippen LogP) is 3.06. The average Bonchev–Trinajstić information content (AvgIpc) is 2.85. The van der Waals surface area contributed by atoms with Crippen molar-refractivity contribution in [2.45, 2.75) is 38.6 Å². The maximum atomic E-state index is 6.00. The van der Waals surface area contributed by atoms with Crippen LogP contribution in [-0.4, -0.2) is 22.1 Å². The third kappa shape index (κ3) is 2.82. The summed E-state index contributed by atoms with van der Waals surface area (Å²) in [6.07, 6.45) is 5.27. The van der Waals surface area contributed by atoms with E-state index >= 15 is 0 Å². The largest absolute Gasteiger partial charge is 0.356 e. The van der Waals surface area contributed by atoms with Crippen molar-refractivity contribution >= 4 is 28.1 Å². The van der Waals surface area contributed by atoms with Gasteiger partial charge in [-0.3, -0.25) is 0 Å². The number of hydrogen-bond acceptors (Lipinski definition) is 4. The monoisotopic (exact) mass is 245 g/mol. The standard InChI is InChI=1S/C10H16ClN3S/c1-7-13-14-10(15-7)12-9(6-11)8-4-2-3-5-8/h8-9H,2-6H2,1H3,(H,12,14). The van der Waals surface area contributed by atoms with Gasteiger partial charge >= 0.3 is 0 Å². The van der Waals surface area contributed by atoms with Crippen molar-refractivity contribution in [2.75, 3.05) is 11.2 Å². The number of aryl methyl sites for hydroxylation is 1. The maximum Gasteiger partial charge on any atom is 0.205 e. The van der Waals surface area contributed by atoms with Crippen LogP contribution >= 0.6 is 22.9 Å². The number of aromatic nitrogens is 2. The molecule has 1 aliphatic carbocycles. The third-order valence-corrected chi connectivity index (χ3v) is 4.07. The molecule has 5 heteroatoms. The normalized spacial score (nSPS) is 19.3. The topological polar surface area (TPSA) is 37.8 Å². The number of alkyl halides is 1. The molecule has 3 nitrogen and oxygen atoms in total. The zero-order valence-corrected chi connectivity index (χ0v) is 10.4. The van der Waals surface area contributed by atoms with Gasteiger partial charge in [0.2, 0.25) is 5.13 Å². The van der Waals surface area contributed by atoms with Crippen LogP contribution in [0.3, 0.4) is 0 Å². The summed E-state index contributed by atoms with van der Waals surface area (Å²) in [6, 6.07) is 0.363. The van der Waals surface area contributed by atoms with Gasteiger partial charge in [-0.25, -0.2) is 0 Å². The second-order valence-electron chi connectivity index (χ2n) is 4.08. The molecule has 1 aliphatic rings. The van der Waals surface area contributed by atoms with Crippen LogP contribution in [0.25, 0.3) is 0 Å². The highest BCUT2D eigenvalue weighted by atomic mass is 35.5. The summed E-state index contributed by atoms with van der Waals surface area (Å²) in [4.78, 5) is 0. The van der Waals surface area contributed by atoms with Crippen LogP contribution in [0, 0.1) is 12.8 Å². The summed E-state index contributed by atoms with van der Waals surface area (Å²) in [6.45, 7) is 1.97. The molecule has 2 rings (SSSR count). The molecule has 1 atom stereocenters. The zero-order chi connectivity index (χ0) is 10.7. The van der Waals surface area contributed by atoms with Crippen molar-refractivity contribution in [1.82, 2.24) is 10.2 Å². The molecule has 0 amide bonds. The van der Waals surface area contributed by atoms with Crippen LogP contribution in [0.5, 0.6) is 0 Å². The molecule has 0 radical (unpaired) electrons. The van der Waals surface area contributed by atoms with Gasteiger partial charge in [-0.1, -0.05) is 24.2 Å². The molecule has 1 aromatic rings. The Balaban J connectivity index is 1.95. The van der Waals surface area contributed by atoms with Crippen molar-refractivity contribution in [1.29, 1.82) is 0 Å². The first kappa shape index (κ1) is 11.1. The van der Waals surface area contributed by atoms with Crippen LogP contribution < -0.4 is 5.32 Å². The Morgan fingerprint density at radius 1 is 1.47 bits per heavy atom. The van der Waals surface area contributed by atoms with E-state index in [9.17, 15) is 0 Å². The Hall–Kier alpha value is -0.350. The Morgan fingerprint density at radius 2 is 2.20 bits per heavy atom. The Kier molecular flexibility index (Phi) is 3.81. The fourth-order valence-electron chi connectivity index (χ4n) is 2.16. The molecule has 0 spiro atoms. The van der Waals surface area contributed by atoms with Crippen molar-refractivity contribution in [3.63, 3.8) is 0 Å². The quantitative estimate of drug-likeness (QED) is 0.829. The fourth-order valence-corrected chi connectivity index (χ4v) is 3.14. The third-order valence-electron chi connectivity index (χ3n) is 2.97. The average molecular weight is 246 g/mol. The first-order valence-electron chi connectivity index (χ1n) is 5.42. The van der Waals surface area contributed by atoms with Gasteiger partial charge < -0.3 is 5.32 Å². The lowest BCUT2D eigenvalue weighted by molar-refractivity contribution is 0.485. The van der Waals surface area contributed by atoms with E-state index in [-0.39, 0.29) is 0 Å². The summed E-state index contributed by atoms with van der Waals surface area (Å²) in [7, 11) is 0. The van der Waals surface area contributed by atoms with Crippen LogP contribution in [-0.2, 0) is 0 Å². The summed E-state index contributed by atoms with van der Waals surface area (Å²) >= 11 is 7.60. The molecular weight excluding hydrogens is 230 g/mol. The van der Waals surface area contributed by atoms with Gasteiger partial charge in [-0.2, -0.15) is 0 Å². The molecular formula is C10H16ClN3S. The van der Waals surface area contributed by atoms with Crippen LogP contribution in [0.2, 0.25) is 0 Å². The summed E-state index contributed by atoms with van der Waals surface area (Å²) in [5.74, 6) is 1.37. The van der Waals surface area contributed by atoms with E-state index in [1.54, 1.807) is 11.3 Å². The molecule has 84 valence electrons. The predicted molar refractivity (Wildman–Crippen MR) is 64.7 cm³/mol. The van der Waals surface area contributed by atoms with Crippen LogP contribution in [0.1, 0.15) is 30.7 Å². The van der Waals surface area contributed by atoms with E-state index in [4.69, 9.17) is 11.6 Å². The highest BCUT2D eigenvalue weighted by molar-refractivity contribution is 7.15. The van der Waals surface area contributed by atoms with Crippen molar-refractivity contribution in [3.8, 4) is 0 Å². The molecule has 0 aliphatic heterocycles. The van der Waals surface area contributed by atoms with Gasteiger partial charge in [0, 0.05) is 11.9 Å². The van der Waals surface area contributed by atoms with Gasteiger partial charge in [0.25, 0.3) is 0 Å². The van der Waals surface area contributed by atoms with Gasteiger partial charge in [-0.05, 0) is 25.7 Å². The van der Waals surface area contributed by atoms with E-state index in [2.05, 4.69) is 15.5 Å². The minimum Gasteiger partial charge on any atom is -0.356 e. The number of nitrogens with one attached hydrogen (secondary N) is 1. The lowest BCUT2D eigenvalue weighted by Crippen LogP contribution is -2.29. The Morgan fingerprint density at radius 3 is 2.73 bits per heavy atom. The van der Waals surface area contributed by atoms with E-state index in [1.165, 1.54) is 25.7 Å². The lowest BCUT2D eigenvalue weighted by atomic mass is 10.00. The van der Waals surface area contributed by atoms with Gasteiger partial charge in [0.05, 0.1) is 0 Å². The Bertz CT molecular complexity index is 309. The molecule has 1 heterocycles. The van der Waals surface area contributed by atoms with Gasteiger partial charge in [0.15, 0.2) is 0 Å². The fraction of sp³-hybridized carbons (Fsp3) is 0.800. The van der Waals surface area contributed by atoms with E-state index < -0.39 is 0 Å². The van der Waals surface area contributed by atoms with Crippen molar-refractivity contribution in [2.24, 2.45) is 5.92 Å². The van der Waals surface area contributed by atoms with E-state index in [1.807, 2.05) is 6.92 Å². The van der Waals surface area contributed by atoms with Gasteiger partial charge in [0.1, 0.15) is 5.01 Å². The molecule has 0 aromatic carbocycles. The smallest absolute Gasteiger partial charge is 0.205 e. The van der Waals surface area contributed by atoms with E-state index in [0.29, 0.717) is 17.8 Å². The number of hydrogen-bond donors (Lipinski definition) is 1. The molecule has 1 saturated carbocycles. The SMILES string of the molecule is Cc1nnc(NC(CCl)C2CCCC2)s1. The molecule has 0 bridgehead atoms. The van der Waals surface area contributed by atoms with Crippen molar-refractivity contribution in [3.05, 3.63) is 5.01 Å². The number of anilines is 1. The highest BCUT2D eigenvalue weighted by Crippen LogP contribution is 2.30. The van der Waals surface area contributed by atoms with Crippen LogP contribution in [0.4, 0.5) is 5.13 Å². The maximum absolute atomic E-state index is 6.00. The molecule has 1 fully saturated rings. The molecule has 1 aromatic heterocycles. The first-order valence-corrected chi connectivity index (χ1v) is 6.77. The number of halogens is 1. The molecule has 1 N–H and O–H groups in total. The number of nitrogens with zero attached hydrogens (tertiary/aromatic N) is 2. The second-order valence-corrected chi connectivity index (χ2v) is 5.57. The molecule has 1 unspecified atom stereocenters. The summed E-state index contributed by atoms with van der Waals surface area (Å²) in [5, 5.41) is 13.4. The highest BCUT2D eigenvalue weighted by Gasteiger charge is 2.24. The lowest BCUT2D eigenvalue weighted by Gasteiger charge is -2.21. The summed E-state index contributed by atoms with van der Waals surface area (Å²) in [5.41, 5.74) is 0. The minimum absolute atomic E-state index is 0.363. The van der Waals surface area contributed by atoms with E-state index in [0.717, 1.165) is 10.1 Å². The van der Waals surface area contributed by atoms with Gasteiger partial charge in [-0.15, -0.1) is 21.8 Å². The number of rotatable bonds is 4. The Labute approximate surface area is 99.2 Å². The van der Waals surface area contributed by atoms with Crippen molar-refractivity contribution < 1.29 is 0 Å².